The number of hydrogen-bond acceptors (Lipinski definition) is 1. The Balaban J connectivity index is 1.45. The van der Waals surface area contributed by atoms with Crippen LogP contribution in [0, 0.1) is 17.3 Å². The number of ether oxygens (including phenoxy) is 1. The van der Waals surface area contributed by atoms with E-state index in [-0.39, 0.29) is 0 Å². The summed E-state index contributed by atoms with van der Waals surface area (Å²) in [5.74, 6) is 1.76. The summed E-state index contributed by atoms with van der Waals surface area (Å²) in [6, 6.07) is 10.4. The maximum Gasteiger partial charge on any atom is 0.0717 e. The Labute approximate surface area is 116 Å². The van der Waals surface area contributed by atoms with E-state index < -0.39 is 0 Å². The van der Waals surface area contributed by atoms with Gasteiger partial charge in [0.25, 0.3) is 0 Å². The van der Waals surface area contributed by atoms with Crippen molar-refractivity contribution in [2.45, 2.75) is 39.7 Å². The molecule has 1 saturated carbocycles. The highest BCUT2D eigenvalue weighted by Gasteiger charge is 2.50. The molecule has 1 aromatic rings. The third-order valence-electron chi connectivity index (χ3n) is 5.23. The molecule has 3 aliphatic carbocycles. The van der Waals surface area contributed by atoms with Crippen molar-refractivity contribution in [2.24, 2.45) is 17.3 Å². The number of fused-ring (bicyclic) bond motifs is 1. The van der Waals surface area contributed by atoms with Crippen molar-refractivity contribution in [3.05, 3.63) is 47.5 Å². The van der Waals surface area contributed by atoms with E-state index in [1.807, 2.05) is 6.07 Å². The van der Waals surface area contributed by atoms with Crippen LogP contribution in [0.3, 0.4) is 0 Å². The monoisotopic (exact) mass is 256 g/mol. The summed E-state index contributed by atoms with van der Waals surface area (Å²) in [4.78, 5) is 0. The lowest BCUT2D eigenvalue weighted by Gasteiger charge is -2.56. The quantitative estimate of drug-likeness (QED) is 0.553. The van der Waals surface area contributed by atoms with Gasteiger partial charge in [-0.2, -0.15) is 0 Å². The van der Waals surface area contributed by atoms with Crippen molar-refractivity contribution < 1.29 is 4.74 Å². The van der Waals surface area contributed by atoms with E-state index in [2.05, 4.69) is 44.2 Å². The van der Waals surface area contributed by atoms with E-state index in [1.54, 1.807) is 5.57 Å². The third-order valence-corrected chi connectivity index (χ3v) is 5.23. The van der Waals surface area contributed by atoms with Crippen LogP contribution in [0.5, 0.6) is 0 Å². The first kappa shape index (κ1) is 12.9. The lowest BCUT2D eigenvalue weighted by atomic mass is 9.48. The Hall–Kier alpha value is -1.08. The summed E-state index contributed by atoms with van der Waals surface area (Å²) < 4.78 is 5.82. The van der Waals surface area contributed by atoms with E-state index in [9.17, 15) is 0 Å². The maximum absolute atomic E-state index is 5.82. The van der Waals surface area contributed by atoms with Crippen molar-refractivity contribution >= 4 is 0 Å². The van der Waals surface area contributed by atoms with E-state index in [4.69, 9.17) is 4.74 Å². The number of hydrogen-bond donors (Lipinski definition) is 0. The third kappa shape index (κ3) is 2.49. The summed E-state index contributed by atoms with van der Waals surface area (Å²) >= 11 is 0. The van der Waals surface area contributed by atoms with Crippen molar-refractivity contribution in [3.8, 4) is 0 Å². The first-order valence-electron chi connectivity index (χ1n) is 7.48. The zero-order valence-corrected chi connectivity index (χ0v) is 12.1. The molecule has 1 heteroatoms. The first-order chi connectivity index (χ1) is 9.18. The summed E-state index contributed by atoms with van der Waals surface area (Å²) in [7, 11) is 0. The zero-order valence-electron chi connectivity index (χ0n) is 12.1. The summed E-state index contributed by atoms with van der Waals surface area (Å²) in [5.41, 5.74) is 3.47. The van der Waals surface area contributed by atoms with Crippen LogP contribution in [0.2, 0.25) is 0 Å². The van der Waals surface area contributed by atoms with Crippen molar-refractivity contribution in [2.75, 3.05) is 6.61 Å². The van der Waals surface area contributed by atoms with Crippen LogP contribution in [0.25, 0.3) is 0 Å². The van der Waals surface area contributed by atoms with Gasteiger partial charge in [-0.1, -0.05) is 55.8 Å². The second-order valence-corrected chi connectivity index (χ2v) is 6.61. The molecule has 19 heavy (non-hydrogen) atoms. The molecule has 4 rings (SSSR count). The average molecular weight is 256 g/mol. The Morgan fingerprint density at radius 3 is 2.68 bits per heavy atom. The molecule has 2 bridgehead atoms. The lowest BCUT2D eigenvalue weighted by Crippen LogP contribution is -2.48. The SMILES string of the molecule is CC1(C)[C@@H]2CC=C(CCOCc3ccccc3)[C@H]1C2. The smallest absolute Gasteiger partial charge is 0.0717 e. The molecule has 0 spiro atoms. The topological polar surface area (TPSA) is 9.23 Å². The van der Waals surface area contributed by atoms with Gasteiger partial charge in [0.15, 0.2) is 0 Å². The molecule has 0 saturated heterocycles. The van der Waals surface area contributed by atoms with E-state index in [0.29, 0.717) is 5.41 Å². The summed E-state index contributed by atoms with van der Waals surface area (Å²) in [6.45, 7) is 6.47. The molecule has 0 aliphatic heterocycles. The fourth-order valence-corrected chi connectivity index (χ4v) is 3.71. The molecule has 1 nitrogen and oxygen atoms in total. The normalized spacial score (nSPS) is 27.6. The van der Waals surface area contributed by atoms with Crippen LogP contribution in [0.1, 0.15) is 38.7 Å². The molecule has 3 aliphatic rings. The summed E-state index contributed by atoms with van der Waals surface area (Å²) in [5, 5.41) is 0. The number of benzene rings is 1. The van der Waals surface area contributed by atoms with Crippen molar-refractivity contribution in [1.29, 1.82) is 0 Å². The van der Waals surface area contributed by atoms with Gasteiger partial charge >= 0.3 is 0 Å². The molecule has 0 amide bonds. The Kier molecular flexibility index (Phi) is 3.49. The standard InChI is InChI=1S/C18H24O/c1-18(2)16-9-8-15(17(18)12-16)10-11-19-13-14-6-4-3-5-7-14/h3-8,16-17H,9-13H2,1-2H3/t16-,17-/m1/s1. The van der Waals surface area contributed by atoms with Gasteiger partial charge < -0.3 is 4.74 Å². The van der Waals surface area contributed by atoms with Crippen molar-refractivity contribution in [1.82, 2.24) is 0 Å². The molecule has 0 aromatic heterocycles. The predicted molar refractivity (Wildman–Crippen MR) is 78.8 cm³/mol. The van der Waals surface area contributed by atoms with E-state index in [1.165, 1.54) is 18.4 Å². The summed E-state index contributed by atoms with van der Waals surface area (Å²) in [6.07, 6.45) is 6.30. The predicted octanol–water partition coefficient (Wildman–Crippen LogP) is 4.59. The molecule has 0 unspecified atom stereocenters. The van der Waals surface area contributed by atoms with Gasteiger partial charge in [0.2, 0.25) is 0 Å². The van der Waals surface area contributed by atoms with Crippen LogP contribution >= 0.6 is 0 Å². The van der Waals surface area contributed by atoms with Gasteiger partial charge in [-0.05, 0) is 42.1 Å². The highest BCUT2D eigenvalue weighted by Crippen LogP contribution is 2.59. The van der Waals surface area contributed by atoms with Crippen molar-refractivity contribution in [3.63, 3.8) is 0 Å². The minimum absolute atomic E-state index is 0.545. The second-order valence-electron chi connectivity index (χ2n) is 6.61. The number of rotatable bonds is 5. The van der Waals surface area contributed by atoms with Crippen LogP contribution in [-0.4, -0.2) is 6.61 Å². The average Bonchev–Trinajstić information content (AvgIpc) is 2.45. The molecule has 1 fully saturated rings. The maximum atomic E-state index is 5.82. The van der Waals surface area contributed by atoms with Crippen LogP contribution in [0.4, 0.5) is 0 Å². The minimum atomic E-state index is 0.545. The van der Waals surface area contributed by atoms with Gasteiger partial charge in [0.05, 0.1) is 13.2 Å². The van der Waals surface area contributed by atoms with Gasteiger partial charge in [-0.3, -0.25) is 0 Å². The van der Waals surface area contributed by atoms with Crippen LogP contribution in [0.15, 0.2) is 42.0 Å². The zero-order chi connectivity index (χ0) is 13.3. The molecular formula is C18H24O. The molecular weight excluding hydrogens is 232 g/mol. The van der Waals surface area contributed by atoms with Crippen LogP contribution in [-0.2, 0) is 11.3 Å². The van der Waals surface area contributed by atoms with E-state index >= 15 is 0 Å². The lowest BCUT2D eigenvalue weighted by molar-refractivity contribution is -0.0112. The molecule has 0 heterocycles. The fourth-order valence-electron chi connectivity index (χ4n) is 3.71. The van der Waals surface area contributed by atoms with Crippen LogP contribution < -0.4 is 0 Å². The molecule has 102 valence electrons. The first-order valence-corrected chi connectivity index (χ1v) is 7.48. The molecule has 1 aromatic carbocycles. The van der Waals surface area contributed by atoms with E-state index in [0.717, 1.165) is 31.5 Å². The Morgan fingerprint density at radius 2 is 2.00 bits per heavy atom. The van der Waals surface area contributed by atoms with Gasteiger partial charge in [0.1, 0.15) is 0 Å². The second kappa shape index (κ2) is 5.13. The molecule has 0 radical (unpaired) electrons. The number of allylic oxidation sites excluding steroid dienone is 1. The Bertz CT molecular complexity index is 458. The fraction of sp³-hybridized carbons (Fsp3) is 0.556. The highest BCUT2D eigenvalue weighted by atomic mass is 16.5. The van der Waals surface area contributed by atoms with Gasteiger partial charge in [-0.25, -0.2) is 0 Å². The highest BCUT2D eigenvalue weighted by molar-refractivity contribution is 5.23. The Morgan fingerprint density at radius 1 is 1.21 bits per heavy atom. The minimum Gasteiger partial charge on any atom is -0.376 e. The molecule has 2 atom stereocenters. The largest absolute Gasteiger partial charge is 0.376 e. The molecule has 0 N–H and O–H groups in total. The van der Waals surface area contributed by atoms with Gasteiger partial charge in [0, 0.05) is 0 Å². The van der Waals surface area contributed by atoms with Gasteiger partial charge in [-0.15, -0.1) is 0 Å².